The molecule has 0 saturated carbocycles. The smallest absolute Gasteiger partial charge is 0.185 e. The molecule has 0 aliphatic rings. The topological polar surface area (TPSA) is 77.8 Å². The molecule has 1 atom stereocenters. The minimum absolute atomic E-state index is 0.0463. The average molecular weight is 106 g/mol. The summed E-state index contributed by atoms with van der Waals surface area (Å²) in [4.78, 5) is 9.38. The highest BCUT2D eigenvalue weighted by molar-refractivity contribution is 5.55. The van der Waals surface area contributed by atoms with Gasteiger partial charge in [-0.3, -0.25) is 0 Å². The van der Waals surface area contributed by atoms with Crippen molar-refractivity contribution in [3.8, 4) is 0 Å². The van der Waals surface area contributed by atoms with Gasteiger partial charge in [0, 0.05) is 0 Å². The van der Waals surface area contributed by atoms with Crippen LogP contribution in [-0.4, -0.2) is 34.0 Å². The lowest BCUT2D eigenvalue weighted by Crippen LogP contribution is -2.25. The van der Waals surface area contributed by atoms with Gasteiger partial charge in [-0.05, 0) is 0 Å². The molecule has 0 heterocycles. The lowest BCUT2D eigenvalue weighted by Gasteiger charge is -2.01. The zero-order valence-corrected chi connectivity index (χ0v) is 3.48. The van der Waals surface area contributed by atoms with E-state index in [1.54, 1.807) is 0 Å². The van der Waals surface area contributed by atoms with E-state index < -0.39 is 12.4 Å². The molecular weight excluding hydrogens is 100 g/mol. The van der Waals surface area contributed by atoms with Gasteiger partial charge in [-0.1, -0.05) is 0 Å². The van der Waals surface area contributed by atoms with Crippen molar-refractivity contribution in [3.05, 3.63) is 0 Å². The van der Waals surface area contributed by atoms with Crippen molar-refractivity contribution < 1.29 is 20.1 Å². The van der Waals surface area contributed by atoms with Crippen LogP contribution in [0.25, 0.3) is 0 Å². The minimum atomic E-state index is -1.95. The van der Waals surface area contributed by atoms with E-state index >= 15 is 0 Å². The molecule has 0 saturated heterocycles. The summed E-state index contributed by atoms with van der Waals surface area (Å²) in [7, 11) is 0. The first-order valence-electron chi connectivity index (χ1n) is 1.68. The molecule has 0 aromatic heterocycles. The van der Waals surface area contributed by atoms with Gasteiger partial charge in [-0.15, -0.1) is 0 Å². The van der Waals surface area contributed by atoms with Crippen LogP contribution in [0.4, 0.5) is 0 Å². The summed E-state index contributed by atoms with van der Waals surface area (Å²) in [6.07, 6.45) is -3.57. The minimum Gasteiger partial charge on any atom is -0.380 e. The van der Waals surface area contributed by atoms with Gasteiger partial charge in [0.1, 0.15) is 0 Å². The van der Waals surface area contributed by atoms with Gasteiger partial charge in [-0.2, -0.15) is 0 Å². The fourth-order valence-corrected chi connectivity index (χ4v) is 0.0703. The predicted molar refractivity (Wildman–Crippen MR) is 20.3 cm³/mol. The van der Waals surface area contributed by atoms with Crippen LogP contribution in [0.15, 0.2) is 0 Å². The second-order valence-electron chi connectivity index (χ2n) is 1.04. The average Bonchev–Trinajstić information content (AvgIpc) is 1.65. The van der Waals surface area contributed by atoms with Crippen LogP contribution in [0.3, 0.4) is 0 Å². The molecular formula is C3H6O4. The molecule has 7 heavy (non-hydrogen) atoms. The summed E-state index contributed by atoms with van der Waals surface area (Å²) in [5, 5.41) is 23.9. The molecule has 0 aliphatic heterocycles. The van der Waals surface area contributed by atoms with Crippen LogP contribution < -0.4 is 0 Å². The molecule has 0 rings (SSSR count). The Labute approximate surface area is 40.0 Å². The SMILES string of the molecule is O=CC(O)C(O)O. The largest absolute Gasteiger partial charge is 0.380 e. The molecule has 0 fully saturated rings. The van der Waals surface area contributed by atoms with E-state index in [1.807, 2.05) is 0 Å². The molecule has 42 valence electrons. The Hall–Kier alpha value is -0.450. The highest BCUT2D eigenvalue weighted by Crippen LogP contribution is 1.79. The Morgan fingerprint density at radius 2 is 1.71 bits per heavy atom. The van der Waals surface area contributed by atoms with E-state index in [4.69, 9.17) is 15.3 Å². The van der Waals surface area contributed by atoms with Gasteiger partial charge >= 0.3 is 0 Å². The zero-order chi connectivity index (χ0) is 5.86. The molecule has 3 N–H and O–H groups in total. The fourth-order valence-electron chi connectivity index (χ4n) is 0.0703. The van der Waals surface area contributed by atoms with Gasteiger partial charge < -0.3 is 20.1 Å². The molecule has 4 nitrogen and oxygen atoms in total. The first-order chi connectivity index (χ1) is 3.18. The predicted octanol–water partition coefficient (Wildman–Crippen LogP) is -2.14. The number of rotatable bonds is 2. The Bertz CT molecular complexity index is 60.0. The van der Waals surface area contributed by atoms with Gasteiger partial charge in [0.15, 0.2) is 18.7 Å². The van der Waals surface area contributed by atoms with Gasteiger partial charge in [0.05, 0.1) is 0 Å². The van der Waals surface area contributed by atoms with Gasteiger partial charge in [-0.25, -0.2) is 0 Å². The maximum atomic E-state index is 9.38. The van der Waals surface area contributed by atoms with Crippen molar-refractivity contribution in [2.75, 3.05) is 0 Å². The quantitative estimate of drug-likeness (QED) is 0.277. The van der Waals surface area contributed by atoms with Crippen LogP contribution in [0, 0.1) is 0 Å². The molecule has 0 amide bonds. The molecule has 0 radical (unpaired) electrons. The second-order valence-corrected chi connectivity index (χ2v) is 1.04. The number of aliphatic hydroxyl groups excluding tert-OH is 2. The van der Waals surface area contributed by atoms with E-state index in [1.165, 1.54) is 0 Å². The zero-order valence-electron chi connectivity index (χ0n) is 3.48. The lowest BCUT2D eigenvalue weighted by molar-refractivity contribution is -0.143. The summed E-state index contributed by atoms with van der Waals surface area (Å²) in [6.45, 7) is 0. The maximum Gasteiger partial charge on any atom is 0.185 e. The van der Waals surface area contributed by atoms with Crippen LogP contribution in [0.1, 0.15) is 0 Å². The molecule has 0 aromatic rings. The Morgan fingerprint density at radius 3 is 1.71 bits per heavy atom. The first kappa shape index (κ1) is 6.55. The molecule has 4 heteroatoms. The van der Waals surface area contributed by atoms with Crippen molar-refractivity contribution in [1.82, 2.24) is 0 Å². The van der Waals surface area contributed by atoms with E-state index in [0.29, 0.717) is 0 Å². The monoisotopic (exact) mass is 106 g/mol. The van der Waals surface area contributed by atoms with E-state index in [0.717, 1.165) is 0 Å². The third kappa shape index (κ3) is 2.27. The van der Waals surface area contributed by atoms with Crippen LogP contribution in [0.5, 0.6) is 0 Å². The number of aliphatic hydroxyl groups is 3. The summed E-state index contributed by atoms with van der Waals surface area (Å²) < 4.78 is 0. The third-order valence-electron chi connectivity index (χ3n) is 0.445. The van der Waals surface area contributed by atoms with Crippen LogP contribution in [0.2, 0.25) is 0 Å². The maximum absolute atomic E-state index is 9.38. The van der Waals surface area contributed by atoms with E-state index in [-0.39, 0.29) is 6.29 Å². The fraction of sp³-hybridized carbons (Fsp3) is 0.667. The van der Waals surface area contributed by atoms with Gasteiger partial charge in [0.25, 0.3) is 0 Å². The Balaban J connectivity index is 3.33. The lowest BCUT2D eigenvalue weighted by atomic mass is 10.4. The van der Waals surface area contributed by atoms with Crippen LogP contribution in [-0.2, 0) is 4.79 Å². The Morgan fingerprint density at radius 1 is 1.29 bits per heavy atom. The molecule has 1 unspecified atom stereocenters. The number of aldehydes is 1. The number of hydrogen-bond acceptors (Lipinski definition) is 4. The van der Waals surface area contributed by atoms with E-state index in [9.17, 15) is 4.79 Å². The first-order valence-corrected chi connectivity index (χ1v) is 1.68. The van der Waals surface area contributed by atoms with Crippen molar-refractivity contribution >= 4 is 6.29 Å². The number of carbonyl (C=O) groups excluding carboxylic acids is 1. The van der Waals surface area contributed by atoms with Crippen LogP contribution >= 0.6 is 0 Å². The van der Waals surface area contributed by atoms with Crippen molar-refractivity contribution in [1.29, 1.82) is 0 Å². The van der Waals surface area contributed by atoms with Crippen molar-refractivity contribution in [2.24, 2.45) is 0 Å². The normalized spacial score (nSPS) is 14.3. The Kier molecular flexibility index (Phi) is 2.51. The van der Waals surface area contributed by atoms with Gasteiger partial charge in [0.2, 0.25) is 0 Å². The summed E-state index contributed by atoms with van der Waals surface area (Å²) in [5.41, 5.74) is 0. The second kappa shape index (κ2) is 2.68. The summed E-state index contributed by atoms with van der Waals surface area (Å²) in [5.74, 6) is 0. The highest BCUT2D eigenvalue weighted by atomic mass is 16.5. The molecule has 0 bridgehead atoms. The molecule has 0 spiro atoms. The highest BCUT2D eigenvalue weighted by Gasteiger charge is 2.08. The summed E-state index contributed by atoms with van der Waals surface area (Å²) >= 11 is 0. The third-order valence-corrected chi connectivity index (χ3v) is 0.445. The molecule has 0 aromatic carbocycles. The summed E-state index contributed by atoms with van der Waals surface area (Å²) in [6, 6.07) is 0. The standard InChI is InChI=1S/C3H6O4/c4-1-2(5)3(6)7/h1-3,5-7H. The van der Waals surface area contributed by atoms with E-state index in [2.05, 4.69) is 0 Å². The number of carbonyl (C=O) groups is 1. The van der Waals surface area contributed by atoms with Crippen molar-refractivity contribution in [2.45, 2.75) is 12.4 Å². The van der Waals surface area contributed by atoms with Crippen molar-refractivity contribution in [3.63, 3.8) is 0 Å². The number of hydrogen-bond donors (Lipinski definition) is 3. The molecule has 0 aliphatic carbocycles.